The van der Waals surface area contributed by atoms with E-state index < -0.39 is 11.9 Å². The van der Waals surface area contributed by atoms with Crippen LogP contribution >= 0.6 is 0 Å². The maximum atomic E-state index is 10.3. The number of hydrogen-bond acceptors (Lipinski definition) is 4. The normalized spacial score (nSPS) is 8.50. The molecule has 0 aliphatic carbocycles. The first-order chi connectivity index (χ1) is 7.99. The molecule has 1 rings (SSSR count). The molecule has 0 atom stereocenters. The predicted molar refractivity (Wildman–Crippen MR) is 69.0 cm³/mol. The van der Waals surface area contributed by atoms with Crippen LogP contribution in [0.2, 0.25) is 0 Å². The maximum Gasteiger partial charge on any atom is 2.00 e. The second kappa shape index (κ2) is 10.8. The van der Waals surface area contributed by atoms with E-state index >= 15 is 0 Å². The average molecular weight is 268 g/mol. The number of carbonyl (C=O) groups is 2. The fraction of sp³-hybridized carbons (Fsp3) is 0.273. The molecule has 0 aliphatic rings. The van der Waals surface area contributed by atoms with Crippen LogP contribution < -0.4 is 5.73 Å². The molecule has 1 aromatic carbocycles. The molecule has 0 spiro atoms. The zero-order valence-corrected chi connectivity index (χ0v) is 11.3. The van der Waals surface area contributed by atoms with Gasteiger partial charge in [-0.05, 0) is 25.1 Å². The summed E-state index contributed by atoms with van der Waals surface area (Å²) in [5, 5.41) is 25.3. The summed E-state index contributed by atoms with van der Waals surface area (Å²) in [6, 6.07) is 5.81. The number of carboxylic acid groups (broad SMARTS) is 2. The fourth-order valence-electron chi connectivity index (χ4n) is 0.908. The summed E-state index contributed by atoms with van der Waals surface area (Å²) in [5.74, 6) is -2.08. The van der Waals surface area contributed by atoms with E-state index in [0.29, 0.717) is 13.0 Å². The molecule has 0 unspecified atom stereocenters. The summed E-state index contributed by atoms with van der Waals surface area (Å²) in [6.07, 6.45) is 0.770. The number of benzene rings is 1. The van der Waals surface area contributed by atoms with Gasteiger partial charge in [0.1, 0.15) is 11.3 Å². The van der Waals surface area contributed by atoms with Crippen molar-refractivity contribution in [3.05, 3.63) is 29.8 Å². The maximum absolute atomic E-state index is 10.3. The Morgan fingerprint density at radius 2 is 1.78 bits per heavy atom. The fourth-order valence-corrected chi connectivity index (χ4v) is 0.908. The van der Waals surface area contributed by atoms with Gasteiger partial charge in [-0.2, -0.15) is 0 Å². The van der Waals surface area contributed by atoms with Gasteiger partial charge in [0.25, 0.3) is 0 Å². The van der Waals surface area contributed by atoms with Crippen LogP contribution in [0.4, 0.5) is 0 Å². The molecule has 1 aromatic rings. The van der Waals surface area contributed by atoms with Crippen molar-refractivity contribution in [2.75, 3.05) is 6.54 Å². The van der Waals surface area contributed by atoms with Crippen LogP contribution in [0.5, 0.6) is 5.75 Å². The topological polar surface area (TPSA) is 121 Å². The number of para-hydroxylation sites is 1. The predicted octanol–water partition coefficient (Wildman–Crippen LogP) is 0.744. The molecule has 98 valence electrons. The van der Waals surface area contributed by atoms with Gasteiger partial charge in [-0.1, -0.05) is 12.1 Å². The first-order valence-electron chi connectivity index (χ1n) is 4.92. The van der Waals surface area contributed by atoms with Crippen LogP contribution in [0.3, 0.4) is 0 Å². The van der Waals surface area contributed by atoms with Crippen LogP contribution in [-0.2, 0) is 4.79 Å². The van der Waals surface area contributed by atoms with Crippen molar-refractivity contribution >= 4 is 35.0 Å². The molecule has 7 heteroatoms. The Morgan fingerprint density at radius 3 is 2.06 bits per heavy atom. The molecular weight excluding hydrogens is 250 g/mol. The van der Waals surface area contributed by atoms with E-state index in [2.05, 4.69) is 0 Å². The number of aromatic carboxylic acids is 1. The summed E-state index contributed by atoms with van der Waals surface area (Å²) in [7, 11) is 0. The monoisotopic (exact) mass is 267 g/mol. The molecule has 0 radical (unpaired) electrons. The van der Waals surface area contributed by atoms with Gasteiger partial charge in [0.05, 0.1) is 0 Å². The van der Waals surface area contributed by atoms with E-state index in [-0.39, 0.29) is 43.6 Å². The van der Waals surface area contributed by atoms with E-state index in [1.54, 1.807) is 12.1 Å². The largest absolute Gasteiger partial charge is 2.00 e. The third-order valence-corrected chi connectivity index (χ3v) is 1.73. The van der Waals surface area contributed by atoms with Crippen molar-refractivity contribution < 1.29 is 27.8 Å². The van der Waals surface area contributed by atoms with E-state index in [0.717, 1.165) is 0 Å². The first kappa shape index (κ1) is 19.0. The summed E-state index contributed by atoms with van der Waals surface area (Å²) in [5.41, 5.74) is 4.95. The van der Waals surface area contributed by atoms with Gasteiger partial charge >= 0.3 is 35.0 Å². The standard InChI is InChI=1S/C7H6O3.C4H9NO2.Mg.2H/c8-6-4-2-1-3-5(6)7(9)10;5-3-1-2-4(6)7;;;/h1-4,8H,(H,9,10);1-3,5H2,(H,6,7);;;/q;;+2;2*-1. The second-order valence-electron chi connectivity index (χ2n) is 3.11. The minimum atomic E-state index is -1.11. The molecule has 0 fully saturated rings. The van der Waals surface area contributed by atoms with Crippen molar-refractivity contribution in [3.8, 4) is 5.75 Å². The number of phenols is 1. The van der Waals surface area contributed by atoms with Gasteiger partial charge in [0.15, 0.2) is 0 Å². The minimum Gasteiger partial charge on any atom is -1.00 e. The van der Waals surface area contributed by atoms with Gasteiger partial charge in [-0.3, -0.25) is 4.79 Å². The quantitative estimate of drug-likeness (QED) is 0.597. The van der Waals surface area contributed by atoms with Gasteiger partial charge in [0.2, 0.25) is 0 Å². The Hall–Kier alpha value is -1.31. The summed E-state index contributed by atoms with van der Waals surface area (Å²) in [6.45, 7) is 0.465. The van der Waals surface area contributed by atoms with E-state index in [1.165, 1.54) is 12.1 Å². The molecular formula is C11H17MgNO5. The molecule has 0 saturated carbocycles. The first-order valence-corrected chi connectivity index (χ1v) is 4.92. The number of aromatic hydroxyl groups is 1. The van der Waals surface area contributed by atoms with Gasteiger partial charge < -0.3 is 23.9 Å². The molecule has 0 aliphatic heterocycles. The van der Waals surface area contributed by atoms with E-state index in [1.807, 2.05) is 0 Å². The number of rotatable bonds is 4. The van der Waals surface area contributed by atoms with Crippen LogP contribution in [0.1, 0.15) is 26.1 Å². The summed E-state index contributed by atoms with van der Waals surface area (Å²) < 4.78 is 0. The summed E-state index contributed by atoms with van der Waals surface area (Å²) >= 11 is 0. The third-order valence-electron chi connectivity index (χ3n) is 1.73. The molecule has 0 bridgehead atoms. The van der Waals surface area contributed by atoms with Crippen LogP contribution in [0.25, 0.3) is 0 Å². The van der Waals surface area contributed by atoms with Crippen molar-refractivity contribution in [1.29, 1.82) is 0 Å². The van der Waals surface area contributed by atoms with Crippen molar-refractivity contribution in [2.45, 2.75) is 12.8 Å². The Morgan fingerprint density at radius 1 is 1.22 bits per heavy atom. The van der Waals surface area contributed by atoms with Gasteiger partial charge in [-0.15, -0.1) is 0 Å². The van der Waals surface area contributed by atoms with Gasteiger partial charge in [-0.25, -0.2) is 4.79 Å². The Bertz CT molecular complexity index is 393. The van der Waals surface area contributed by atoms with Crippen LogP contribution in [-0.4, -0.2) is 56.9 Å². The molecule has 5 N–H and O–H groups in total. The van der Waals surface area contributed by atoms with E-state index in [4.69, 9.17) is 21.1 Å². The SMILES string of the molecule is NCCCC(=O)O.O=C(O)c1ccccc1O.[H-].[H-].[Mg+2]. The van der Waals surface area contributed by atoms with Crippen molar-refractivity contribution in [1.82, 2.24) is 0 Å². The van der Waals surface area contributed by atoms with Crippen molar-refractivity contribution in [3.63, 3.8) is 0 Å². The molecule has 0 heterocycles. The van der Waals surface area contributed by atoms with Crippen molar-refractivity contribution in [2.24, 2.45) is 5.73 Å². The Labute approximate surface area is 124 Å². The number of aliphatic carboxylic acids is 1. The Balaban J connectivity index is -0.000000117. The molecule has 0 amide bonds. The summed E-state index contributed by atoms with van der Waals surface area (Å²) in [4.78, 5) is 20.0. The third kappa shape index (κ3) is 8.79. The molecule has 0 aromatic heterocycles. The Kier molecular flexibility index (Phi) is 11.4. The number of hydrogen-bond donors (Lipinski definition) is 4. The number of nitrogens with two attached hydrogens (primary N) is 1. The minimum absolute atomic E-state index is 0. The average Bonchev–Trinajstić information content (AvgIpc) is 2.27. The zero-order chi connectivity index (χ0) is 13.3. The van der Waals surface area contributed by atoms with Crippen LogP contribution in [0, 0.1) is 0 Å². The molecule has 0 saturated heterocycles. The molecule has 6 nitrogen and oxygen atoms in total. The second-order valence-corrected chi connectivity index (χ2v) is 3.11. The van der Waals surface area contributed by atoms with Gasteiger partial charge in [0, 0.05) is 6.42 Å². The van der Waals surface area contributed by atoms with Crippen LogP contribution in [0.15, 0.2) is 24.3 Å². The smallest absolute Gasteiger partial charge is 1.00 e. The number of carboxylic acids is 2. The van der Waals surface area contributed by atoms with E-state index in [9.17, 15) is 9.59 Å². The molecule has 18 heavy (non-hydrogen) atoms. The zero-order valence-electron chi connectivity index (χ0n) is 11.9.